The van der Waals surface area contributed by atoms with Crippen LogP contribution in [0.5, 0.6) is 11.5 Å². The molecule has 1 N–H and O–H groups in total. The van der Waals surface area contributed by atoms with E-state index in [2.05, 4.69) is 17.0 Å². The second-order valence-corrected chi connectivity index (χ2v) is 10.8. The molecule has 0 atom stereocenters. The Morgan fingerprint density at radius 3 is 2.70 bits per heavy atom. The molecule has 6 aromatic rings. The second-order valence-electron chi connectivity index (χ2n) is 10.4. The van der Waals surface area contributed by atoms with Gasteiger partial charge in [-0.25, -0.2) is 9.37 Å². The number of para-hydroxylation sites is 2. The average molecular weight is 651 g/mol. The Morgan fingerprint density at radius 1 is 1.09 bits per heavy atom. The predicted molar refractivity (Wildman–Crippen MR) is 181 cm³/mol. The lowest BCUT2D eigenvalue weighted by Gasteiger charge is -2.17. The van der Waals surface area contributed by atoms with E-state index in [-0.39, 0.29) is 11.5 Å². The Kier molecular flexibility index (Phi) is 9.12. The molecular weight excluding hydrogens is 623 g/mol. The van der Waals surface area contributed by atoms with Crippen molar-refractivity contribution in [3.63, 3.8) is 0 Å². The minimum absolute atomic E-state index is 0.0493. The monoisotopic (exact) mass is 650 g/mol. The second kappa shape index (κ2) is 13.7. The van der Waals surface area contributed by atoms with Crippen molar-refractivity contribution in [3.05, 3.63) is 130 Å². The van der Waals surface area contributed by atoms with E-state index in [0.717, 1.165) is 5.39 Å². The molecule has 47 heavy (non-hydrogen) atoms. The summed E-state index contributed by atoms with van der Waals surface area (Å²) < 4.78 is 33.1. The highest BCUT2D eigenvalue weighted by Gasteiger charge is 2.18. The lowest BCUT2D eigenvalue weighted by Crippen LogP contribution is -2.21. The number of nitrogens with one attached hydrogen (secondary N) is 1. The smallest absolute Gasteiger partial charge is 0.282 e. The molecule has 0 radical (unpaired) electrons. The van der Waals surface area contributed by atoms with Crippen LogP contribution in [0.1, 0.15) is 18.1 Å². The minimum atomic E-state index is -0.555. The summed E-state index contributed by atoms with van der Waals surface area (Å²) in [5.74, 6) is 0.123. The first-order chi connectivity index (χ1) is 22.8. The summed E-state index contributed by atoms with van der Waals surface area (Å²) in [5.41, 5.74) is 1.96. The molecule has 0 aliphatic heterocycles. The van der Waals surface area contributed by atoms with Crippen LogP contribution in [0.15, 0.2) is 112 Å². The number of benzene rings is 4. The first-order valence-electron chi connectivity index (χ1n) is 14.7. The summed E-state index contributed by atoms with van der Waals surface area (Å²) >= 11 is 6.19. The molecule has 236 valence electrons. The number of hydrogen-bond donors (Lipinski definition) is 1. The zero-order valence-electron chi connectivity index (χ0n) is 25.2. The SMILES string of the molecule is C=CCc1cc(C=Nn2c(-c3cc4cc(Cl)ccc4o3)nc3ccccc3c2=O)cc(OCC)c1OCC(=O)Nc1ccccc1F. The van der Waals surface area contributed by atoms with Gasteiger partial charge in [-0.3, -0.25) is 9.59 Å². The lowest BCUT2D eigenvalue weighted by molar-refractivity contribution is -0.118. The Hall–Kier alpha value is -5.74. The highest BCUT2D eigenvalue weighted by Crippen LogP contribution is 2.34. The van der Waals surface area contributed by atoms with Crippen molar-refractivity contribution in [1.82, 2.24) is 9.66 Å². The summed E-state index contributed by atoms with van der Waals surface area (Å²) in [6.45, 7) is 5.57. The average Bonchev–Trinajstić information content (AvgIpc) is 3.48. The van der Waals surface area contributed by atoms with Crippen LogP contribution in [0.2, 0.25) is 5.02 Å². The van der Waals surface area contributed by atoms with Gasteiger partial charge in [0, 0.05) is 16.0 Å². The van der Waals surface area contributed by atoms with Crippen molar-refractivity contribution in [3.8, 4) is 23.1 Å². The van der Waals surface area contributed by atoms with Gasteiger partial charge in [0.15, 0.2) is 23.9 Å². The van der Waals surface area contributed by atoms with Gasteiger partial charge in [-0.1, -0.05) is 41.9 Å². The number of halogens is 2. The molecule has 0 aliphatic rings. The van der Waals surface area contributed by atoms with Crippen molar-refractivity contribution in [2.45, 2.75) is 13.3 Å². The van der Waals surface area contributed by atoms with E-state index in [0.29, 0.717) is 62.9 Å². The van der Waals surface area contributed by atoms with E-state index in [4.69, 9.17) is 30.5 Å². The van der Waals surface area contributed by atoms with Crippen LogP contribution >= 0.6 is 11.6 Å². The van der Waals surface area contributed by atoms with Gasteiger partial charge in [-0.2, -0.15) is 9.78 Å². The normalized spacial score (nSPS) is 11.3. The molecule has 11 heteroatoms. The molecule has 6 rings (SSSR count). The third kappa shape index (κ3) is 6.78. The topological polar surface area (TPSA) is 108 Å². The quantitative estimate of drug-likeness (QED) is 0.114. The molecule has 2 aromatic heterocycles. The van der Waals surface area contributed by atoms with Crippen LogP contribution in [-0.4, -0.2) is 35.0 Å². The van der Waals surface area contributed by atoms with Crippen molar-refractivity contribution < 1.29 is 23.1 Å². The zero-order chi connectivity index (χ0) is 32.9. The Balaban J connectivity index is 1.37. The maximum atomic E-state index is 14.0. The van der Waals surface area contributed by atoms with Gasteiger partial charge >= 0.3 is 0 Å². The van der Waals surface area contributed by atoms with Crippen LogP contribution < -0.4 is 20.3 Å². The van der Waals surface area contributed by atoms with Gasteiger partial charge in [0.2, 0.25) is 5.82 Å². The van der Waals surface area contributed by atoms with Gasteiger partial charge in [-0.15, -0.1) is 6.58 Å². The summed E-state index contributed by atoms with van der Waals surface area (Å²) in [6.07, 6.45) is 3.56. The molecule has 0 bridgehead atoms. The van der Waals surface area contributed by atoms with E-state index in [1.165, 1.54) is 29.1 Å². The molecule has 0 saturated heterocycles. The molecule has 0 spiro atoms. The molecule has 2 heterocycles. The summed E-state index contributed by atoms with van der Waals surface area (Å²) in [4.78, 5) is 31.1. The molecule has 0 saturated carbocycles. The highest BCUT2D eigenvalue weighted by molar-refractivity contribution is 6.31. The number of amides is 1. The third-order valence-corrected chi connectivity index (χ3v) is 7.32. The number of ether oxygens (including phenoxy) is 2. The van der Waals surface area contributed by atoms with Gasteiger partial charge in [0.25, 0.3) is 11.5 Å². The highest BCUT2D eigenvalue weighted by atomic mass is 35.5. The largest absolute Gasteiger partial charge is 0.490 e. The minimum Gasteiger partial charge on any atom is -0.490 e. The van der Waals surface area contributed by atoms with Crippen molar-refractivity contribution in [2.75, 3.05) is 18.5 Å². The summed E-state index contributed by atoms with van der Waals surface area (Å²) in [6, 6.07) is 23.3. The fourth-order valence-corrected chi connectivity index (χ4v) is 5.20. The maximum Gasteiger partial charge on any atom is 0.282 e. The van der Waals surface area contributed by atoms with Gasteiger partial charge in [0.1, 0.15) is 11.4 Å². The van der Waals surface area contributed by atoms with Crippen LogP contribution in [0.3, 0.4) is 0 Å². The van der Waals surface area contributed by atoms with Crippen molar-refractivity contribution in [1.29, 1.82) is 0 Å². The zero-order valence-corrected chi connectivity index (χ0v) is 26.0. The van der Waals surface area contributed by atoms with E-state index in [1.54, 1.807) is 72.8 Å². The maximum absolute atomic E-state index is 14.0. The molecule has 0 unspecified atom stereocenters. The first-order valence-corrected chi connectivity index (χ1v) is 15.1. The number of hydrogen-bond acceptors (Lipinski definition) is 7. The van der Waals surface area contributed by atoms with Crippen molar-refractivity contribution in [2.24, 2.45) is 5.10 Å². The van der Waals surface area contributed by atoms with E-state index in [1.807, 2.05) is 6.92 Å². The lowest BCUT2D eigenvalue weighted by atomic mass is 10.1. The van der Waals surface area contributed by atoms with Crippen molar-refractivity contribution >= 4 is 51.3 Å². The van der Waals surface area contributed by atoms with E-state index >= 15 is 0 Å². The molecule has 1 amide bonds. The number of rotatable bonds is 11. The standard InChI is InChI=1S/C36H28ClFN4O5/c1-3-9-23-16-22(17-31(45-4-2)34(23)46-21-33(43)40-29-13-8-6-11-27(29)38)20-39-42-35(41-28-12-7-5-10-26(28)36(42)44)32-19-24-18-25(37)14-15-30(24)47-32/h3,5-8,10-20H,1,4,9,21H2,2H3,(H,40,43). The number of carbonyl (C=O) groups excluding carboxylic acids is 1. The molecule has 9 nitrogen and oxygen atoms in total. The van der Waals surface area contributed by atoms with Crippen LogP contribution in [0, 0.1) is 5.82 Å². The number of carbonyl (C=O) groups is 1. The number of anilines is 1. The van der Waals surface area contributed by atoms with Gasteiger partial charge < -0.3 is 19.2 Å². The van der Waals surface area contributed by atoms with Crippen LogP contribution in [0.4, 0.5) is 10.1 Å². The number of nitrogens with zero attached hydrogens (tertiary/aromatic N) is 3. The summed E-state index contributed by atoms with van der Waals surface area (Å²) in [7, 11) is 0. The van der Waals surface area contributed by atoms with E-state index < -0.39 is 23.9 Å². The number of allylic oxidation sites excluding steroid dienone is 1. The third-order valence-electron chi connectivity index (χ3n) is 7.09. The Labute approximate surface area is 273 Å². The first kappa shape index (κ1) is 31.3. The molecular formula is C36H28ClFN4O5. The van der Waals surface area contributed by atoms with Crippen LogP contribution in [0.25, 0.3) is 33.5 Å². The number of furan rings is 1. The number of aromatic nitrogens is 2. The van der Waals surface area contributed by atoms with Gasteiger partial charge in [-0.05, 0) is 79.6 Å². The van der Waals surface area contributed by atoms with E-state index in [9.17, 15) is 14.0 Å². The molecule has 0 fully saturated rings. The number of fused-ring (bicyclic) bond motifs is 2. The fraction of sp³-hybridized carbons (Fsp3) is 0.111. The molecule has 0 aliphatic carbocycles. The summed E-state index contributed by atoms with van der Waals surface area (Å²) in [5, 5.41) is 8.75. The van der Waals surface area contributed by atoms with Crippen LogP contribution in [-0.2, 0) is 11.2 Å². The van der Waals surface area contributed by atoms with Gasteiger partial charge in [0.05, 0.1) is 29.4 Å². The Morgan fingerprint density at radius 2 is 1.89 bits per heavy atom. The fourth-order valence-electron chi connectivity index (χ4n) is 5.02. The Bertz CT molecular complexity index is 2230. The molecule has 4 aromatic carbocycles. The predicted octanol–water partition coefficient (Wildman–Crippen LogP) is 7.63.